The molecule has 25 heavy (non-hydrogen) atoms. The SMILES string of the molecule is COc1ccc(CC(C)NC(=O)C2CC3CCCCC3N2)cc1OC. The molecule has 1 aromatic carbocycles. The highest BCUT2D eigenvalue weighted by atomic mass is 16.5. The van der Waals surface area contributed by atoms with Gasteiger partial charge < -0.3 is 20.1 Å². The van der Waals surface area contributed by atoms with Crippen LogP contribution in [0.1, 0.15) is 44.6 Å². The quantitative estimate of drug-likeness (QED) is 0.831. The van der Waals surface area contributed by atoms with Gasteiger partial charge in [0.05, 0.1) is 20.3 Å². The number of rotatable bonds is 6. The van der Waals surface area contributed by atoms with E-state index < -0.39 is 0 Å². The number of ether oxygens (including phenoxy) is 2. The molecule has 138 valence electrons. The molecule has 2 fully saturated rings. The van der Waals surface area contributed by atoms with Crippen molar-refractivity contribution in [3.05, 3.63) is 23.8 Å². The third kappa shape index (κ3) is 4.27. The van der Waals surface area contributed by atoms with Crippen molar-refractivity contribution in [1.29, 1.82) is 0 Å². The molecule has 5 heteroatoms. The maximum Gasteiger partial charge on any atom is 0.237 e. The van der Waals surface area contributed by atoms with Crippen molar-refractivity contribution in [2.45, 2.75) is 63.6 Å². The topological polar surface area (TPSA) is 59.6 Å². The molecular weight excluding hydrogens is 316 g/mol. The van der Waals surface area contributed by atoms with Crippen molar-refractivity contribution in [3.63, 3.8) is 0 Å². The van der Waals surface area contributed by atoms with Crippen molar-refractivity contribution in [1.82, 2.24) is 10.6 Å². The minimum absolute atomic E-state index is 0.0269. The second kappa shape index (κ2) is 8.09. The van der Waals surface area contributed by atoms with Crippen LogP contribution in [0.2, 0.25) is 0 Å². The number of nitrogens with one attached hydrogen (secondary N) is 2. The van der Waals surface area contributed by atoms with Crippen LogP contribution < -0.4 is 20.1 Å². The Balaban J connectivity index is 1.53. The number of hydrogen-bond acceptors (Lipinski definition) is 4. The van der Waals surface area contributed by atoms with Crippen molar-refractivity contribution in [2.75, 3.05) is 14.2 Å². The summed E-state index contributed by atoms with van der Waals surface area (Å²) < 4.78 is 10.6. The highest BCUT2D eigenvalue weighted by Gasteiger charge is 2.38. The summed E-state index contributed by atoms with van der Waals surface area (Å²) in [4.78, 5) is 12.6. The first kappa shape index (κ1) is 18.1. The minimum Gasteiger partial charge on any atom is -0.493 e. The van der Waals surface area contributed by atoms with Crippen LogP contribution in [0.4, 0.5) is 0 Å². The molecule has 0 aromatic heterocycles. The average molecular weight is 346 g/mol. The van der Waals surface area contributed by atoms with Crippen molar-refractivity contribution in [2.24, 2.45) is 5.92 Å². The summed E-state index contributed by atoms with van der Waals surface area (Å²) in [5.74, 6) is 2.27. The fraction of sp³-hybridized carbons (Fsp3) is 0.650. The zero-order valence-electron chi connectivity index (χ0n) is 15.5. The summed E-state index contributed by atoms with van der Waals surface area (Å²) in [6, 6.07) is 6.50. The maximum atomic E-state index is 12.6. The molecule has 1 saturated heterocycles. The Kier molecular flexibility index (Phi) is 5.84. The number of methoxy groups -OCH3 is 2. The first-order chi connectivity index (χ1) is 12.1. The van der Waals surface area contributed by atoms with Gasteiger partial charge in [0.1, 0.15) is 0 Å². The molecule has 0 bridgehead atoms. The summed E-state index contributed by atoms with van der Waals surface area (Å²) >= 11 is 0. The van der Waals surface area contributed by atoms with Gasteiger partial charge in [-0.25, -0.2) is 0 Å². The fourth-order valence-corrected chi connectivity index (χ4v) is 4.28. The monoisotopic (exact) mass is 346 g/mol. The molecule has 1 heterocycles. The van der Waals surface area contributed by atoms with Crippen LogP contribution in [0, 0.1) is 5.92 Å². The van der Waals surface area contributed by atoms with Gasteiger partial charge in [-0.3, -0.25) is 4.79 Å². The summed E-state index contributed by atoms with van der Waals surface area (Å²) in [5.41, 5.74) is 1.12. The third-order valence-corrected chi connectivity index (χ3v) is 5.56. The van der Waals surface area contributed by atoms with E-state index in [4.69, 9.17) is 9.47 Å². The van der Waals surface area contributed by atoms with Crippen LogP contribution in [-0.4, -0.2) is 38.3 Å². The van der Waals surface area contributed by atoms with Crippen LogP contribution in [0.3, 0.4) is 0 Å². The third-order valence-electron chi connectivity index (χ3n) is 5.56. The standard InChI is InChI=1S/C20H30N2O3/c1-13(10-14-8-9-18(24-2)19(11-14)25-3)21-20(23)17-12-15-6-4-5-7-16(15)22-17/h8-9,11,13,15-17,22H,4-7,10,12H2,1-3H3,(H,21,23). The zero-order valence-corrected chi connectivity index (χ0v) is 15.5. The van der Waals surface area contributed by atoms with Gasteiger partial charge in [-0.05, 0) is 56.2 Å². The number of benzene rings is 1. The Morgan fingerprint density at radius 3 is 2.72 bits per heavy atom. The highest BCUT2D eigenvalue weighted by Crippen LogP contribution is 2.33. The summed E-state index contributed by atoms with van der Waals surface area (Å²) in [5, 5.41) is 6.72. The number of carbonyl (C=O) groups excluding carboxylic acids is 1. The van der Waals surface area contributed by atoms with Crippen LogP contribution in [0.5, 0.6) is 11.5 Å². The van der Waals surface area contributed by atoms with E-state index in [0.29, 0.717) is 12.0 Å². The van der Waals surface area contributed by atoms with Gasteiger partial charge in [-0.2, -0.15) is 0 Å². The van der Waals surface area contributed by atoms with Crippen molar-refractivity contribution < 1.29 is 14.3 Å². The lowest BCUT2D eigenvalue weighted by molar-refractivity contribution is -0.123. The molecule has 0 radical (unpaired) electrons. The van der Waals surface area contributed by atoms with Gasteiger partial charge in [0.2, 0.25) is 5.91 Å². The Morgan fingerprint density at radius 2 is 2.00 bits per heavy atom. The smallest absolute Gasteiger partial charge is 0.237 e. The predicted molar refractivity (Wildman–Crippen MR) is 98.1 cm³/mol. The minimum atomic E-state index is -0.0269. The van der Waals surface area contributed by atoms with E-state index in [-0.39, 0.29) is 18.0 Å². The molecule has 2 N–H and O–H groups in total. The number of amides is 1. The molecule has 4 atom stereocenters. The molecule has 0 spiro atoms. The molecule has 5 nitrogen and oxygen atoms in total. The molecule has 1 aliphatic heterocycles. The van der Waals surface area contributed by atoms with Gasteiger partial charge in [-0.1, -0.05) is 18.9 Å². The Morgan fingerprint density at radius 1 is 1.24 bits per heavy atom. The first-order valence-corrected chi connectivity index (χ1v) is 9.38. The van der Waals surface area contributed by atoms with E-state index in [1.165, 1.54) is 25.7 Å². The van der Waals surface area contributed by atoms with Crippen LogP contribution in [-0.2, 0) is 11.2 Å². The lowest BCUT2D eigenvalue weighted by Crippen LogP contribution is -2.46. The largest absolute Gasteiger partial charge is 0.493 e. The van der Waals surface area contributed by atoms with Crippen molar-refractivity contribution >= 4 is 5.91 Å². The summed E-state index contributed by atoms with van der Waals surface area (Å²) in [6.45, 7) is 2.05. The predicted octanol–water partition coefficient (Wildman–Crippen LogP) is 2.67. The summed E-state index contributed by atoms with van der Waals surface area (Å²) in [7, 11) is 3.27. The molecule has 1 saturated carbocycles. The molecular formula is C20H30N2O3. The normalized spacial score (nSPS) is 26.6. The second-order valence-electron chi connectivity index (χ2n) is 7.41. The van der Waals surface area contributed by atoms with Crippen LogP contribution in [0.25, 0.3) is 0 Å². The lowest BCUT2D eigenvalue weighted by atomic mass is 9.85. The number of fused-ring (bicyclic) bond motifs is 1. The van der Waals surface area contributed by atoms with Gasteiger partial charge in [-0.15, -0.1) is 0 Å². The Labute approximate surface area is 150 Å². The Hall–Kier alpha value is -1.75. The van der Waals surface area contributed by atoms with Gasteiger partial charge in [0.15, 0.2) is 11.5 Å². The van der Waals surface area contributed by atoms with Gasteiger partial charge >= 0.3 is 0 Å². The zero-order chi connectivity index (χ0) is 17.8. The van der Waals surface area contributed by atoms with Gasteiger partial charge in [0.25, 0.3) is 0 Å². The first-order valence-electron chi connectivity index (χ1n) is 9.38. The van der Waals surface area contributed by atoms with Gasteiger partial charge in [0, 0.05) is 12.1 Å². The van der Waals surface area contributed by atoms with E-state index >= 15 is 0 Å². The van der Waals surface area contributed by atoms with E-state index in [9.17, 15) is 4.79 Å². The molecule has 4 unspecified atom stereocenters. The Bertz CT molecular complexity index is 591. The molecule has 1 amide bonds. The molecule has 2 aliphatic rings. The lowest BCUT2D eigenvalue weighted by Gasteiger charge is -2.24. The number of hydrogen-bond donors (Lipinski definition) is 2. The molecule has 1 aromatic rings. The highest BCUT2D eigenvalue weighted by molar-refractivity contribution is 5.82. The number of carbonyl (C=O) groups is 1. The maximum absolute atomic E-state index is 12.6. The summed E-state index contributed by atoms with van der Waals surface area (Å²) in [6.07, 6.45) is 6.84. The molecule has 3 rings (SSSR count). The van der Waals surface area contributed by atoms with Crippen LogP contribution >= 0.6 is 0 Å². The average Bonchev–Trinajstić information content (AvgIpc) is 3.05. The van der Waals surface area contributed by atoms with E-state index in [1.807, 2.05) is 18.2 Å². The van der Waals surface area contributed by atoms with Crippen molar-refractivity contribution in [3.8, 4) is 11.5 Å². The van der Waals surface area contributed by atoms with Crippen LogP contribution in [0.15, 0.2) is 18.2 Å². The second-order valence-corrected chi connectivity index (χ2v) is 7.41. The van der Waals surface area contributed by atoms with E-state index in [2.05, 4.69) is 17.6 Å². The fourth-order valence-electron chi connectivity index (χ4n) is 4.28. The van der Waals surface area contributed by atoms with E-state index in [0.717, 1.165) is 29.9 Å². The molecule has 1 aliphatic carbocycles. The van der Waals surface area contributed by atoms with E-state index in [1.54, 1.807) is 14.2 Å².